The second-order valence-electron chi connectivity index (χ2n) is 6.84. The third-order valence-corrected chi connectivity index (χ3v) is 5.46. The molecule has 28 heavy (non-hydrogen) atoms. The number of halogens is 2. The molecule has 1 heterocycles. The van der Waals surface area contributed by atoms with Crippen molar-refractivity contribution >= 4 is 21.7 Å². The quantitative estimate of drug-likeness (QED) is 0.628. The molecule has 0 bridgehead atoms. The first-order valence-corrected chi connectivity index (χ1v) is 11.1. The summed E-state index contributed by atoms with van der Waals surface area (Å²) in [4.78, 5) is 27.8. The topological polar surface area (TPSA) is 86.8 Å². The molecule has 0 aromatic heterocycles. The summed E-state index contributed by atoms with van der Waals surface area (Å²) in [6.45, 7) is 3.00. The average molecular weight is 417 g/mol. The second-order valence-corrected chi connectivity index (χ2v) is 9.10. The van der Waals surface area contributed by atoms with Crippen LogP contribution in [0.5, 0.6) is 0 Å². The molecule has 10 heteroatoms. The number of hydrogen-bond acceptors (Lipinski definition) is 5. The van der Waals surface area contributed by atoms with Gasteiger partial charge in [-0.3, -0.25) is 14.5 Å². The number of nitrogens with one attached hydrogen (secondary N) is 1. The van der Waals surface area contributed by atoms with Gasteiger partial charge in [-0.2, -0.15) is 0 Å². The Morgan fingerprint density at radius 3 is 2.43 bits per heavy atom. The summed E-state index contributed by atoms with van der Waals surface area (Å²) < 4.78 is 48.8. The minimum Gasteiger partial charge on any atom is -0.352 e. The monoisotopic (exact) mass is 417 g/mol. The smallest absolute Gasteiger partial charge is 0.254 e. The van der Waals surface area contributed by atoms with Crippen LogP contribution in [0.15, 0.2) is 18.2 Å². The molecule has 1 saturated heterocycles. The zero-order valence-electron chi connectivity index (χ0n) is 15.8. The van der Waals surface area contributed by atoms with Gasteiger partial charge < -0.3 is 10.2 Å². The summed E-state index contributed by atoms with van der Waals surface area (Å²) in [5, 5.41) is 2.52. The van der Waals surface area contributed by atoms with Gasteiger partial charge in [0.1, 0.15) is 21.5 Å². The van der Waals surface area contributed by atoms with Crippen molar-refractivity contribution in [3.63, 3.8) is 0 Å². The number of benzene rings is 1. The van der Waals surface area contributed by atoms with Gasteiger partial charge in [0.05, 0.1) is 11.3 Å². The van der Waals surface area contributed by atoms with Crippen LogP contribution in [0.1, 0.15) is 23.2 Å². The van der Waals surface area contributed by atoms with E-state index in [9.17, 15) is 26.8 Å². The molecule has 7 nitrogen and oxygen atoms in total. The zero-order chi connectivity index (χ0) is 20.7. The van der Waals surface area contributed by atoms with E-state index in [1.807, 2.05) is 4.90 Å². The molecule has 1 aliphatic rings. The predicted molar refractivity (Wildman–Crippen MR) is 101 cm³/mol. The van der Waals surface area contributed by atoms with Gasteiger partial charge in [0.25, 0.3) is 5.91 Å². The largest absolute Gasteiger partial charge is 0.352 e. The van der Waals surface area contributed by atoms with Crippen molar-refractivity contribution in [1.29, 1.82) is 0 Å². The van der Waals surface area contributed by atoms with Crippen LogP contribution in [0.3, 0.4) is 0 Å². The summed E-state index contributed by atoms with van der Waals surface area (Å²) in [6.07, 6.45) is 1.85. The number of piperazine rings is 1. The highest BCUT2D eigenvalue weighted by atomic mass is 32.2. The number of hydrogen-bond donors (Lipinski definition) is 1. The van der Waals surface area contributed by atoms with Crippen molar-refractivity contribution in [3.05, 3.63) is 35.4 Å². The standard InChI is InChI=1S/C18H25F2N3O4S/c1-28(26,27)12-11-22-7-9-23(10-8-22)17(24)3-2-6-21-18(25)15-5-4-14(19)13-16(15)20/h4-5,13H,2-3,6-12H2,1H3,(H,21,25). The molecule has 1 N–H and O–H groups in total. The number of carbonyl (C=O) groups excluding carboxylic acids is 2. The maximum atomic E-state index is 13.5. The fourth-order valence-corrected chi connectivity index (χ4v) is 3.47. The first-order chi connectivity index (χ1) is 13.2. The fourth-order valence-electron chi connectivity index (χ4n) is 2.88. The Morgan fingerprint density at radius 1 is 1.14 bits per heavy atom. The first-order valence-electron chi connectivity index (χ1n) is 9.07. The Bertz CT molecular complexity index is 809. The van der Waals surface area contributed by atoms with E-state index in [2.05, 4.69) is 5.32 Å². The Balaban J connectivity index is 1.66. The molecular weight excluding hydrogens is 392 g/mol. The highest BCUT2D eigenvalue weighted by Crippen LogP contribution is 2.09. The lowest BCUT2D eigenvalue weighted by molar-refractivity contribution is -0.133. The molecular formula is C18H25F2N3O4S. The minimum atomic E-state index is -3.00. The second kappa shape index (κ2) is 9.92. The van der Waals surface area contributed by atoms with Crippen molar-refractivity contribution in [2.45, 2.75) is 12.8 Å². The molecule has 0 radical (unpaired) electrons. The minimum absolute atomic E-state index is 0.0371. The van der Waals surface area contributed by atoms with Gasteiger partial charge in [-0.05, 0) is 18.6 Å². The molecule has 1 aliphatic heterocycles. The summed E-state index contributed by atoms with van der Waals surface area (Å²) in [7, 11) is -3.00. The van der Waals surface area contributed by atoms with Crippen LogP contribution in [0.2, 0.25) is 0 Å². The van der Waals surface area contributed by atoms with Gasteiger partial charge >= 0.3 is 0 Å². The van der Waals surface area contributed by atoms with Crippen molar-refractivity contribution in [1.82, 2.24) is 15.1 Å². The molecule has 0 spiro atoms. The van der Waals surface area contributed by atoms with E-state index in [0.29, 0.717) is 45.2 Å². The summed E-state index contributed by atoms with van der Waals surface area (Å²) in [5.74, 6) is -2.26. The Morgan fingerprint density at radius 2 is 1.82 bits per heavy atom. The van der Waals surface area contributed by atoms with Crippen LogP contribution in [-0.2, 0) is 14.6 Å². The van der Waals surface area contributed by atoms with E-state index in [0.717, 1.165) is 12.1 Å². The van der Waals surface area contributed by atoms with Gasteiger partial charge in [-0.15, -0.1) is 0 Å². The van der Waals surface area contributed by atoms with Crippen LogP contribution >= 0.6 is 0 Å². The molecule has 1 aromatic rings. The molecule has 0 unspecified atom stereocenters. The summed E-state index contributed by atoms with van der Waals surface area (Å²) in [5.41, 5.74) is -0.238. The van der Waals surface area contributed by atoms with Gasteiger partial charge in [0.15, 0.2) is 0 Å². The number of amides is 2. The Labute approximate surface area is 163 Å². The fraction of sp³-hybridized carbons (Fsp3) is 0.556. The first kappa shape index (κ1) is 22.2. The van der Waals surface area contributed by atoms with Crippen molar-refractivity contribution < 1.29 is 26.8 Å². The van der Waals surface area contributed by atoms with Gasteiger partial charge in [-0.1, -0.05) is 0 Å². The zero-order valence-corrected chi connectivity index (χ0v) is 16.6. The van der Waals surface area contributed by atoms with Crippen molar-refractivity contribution in [3.8, 4) is 0 Å². The molecule has 0 aliphatic carbocycles. The number of rotatable bonds is 8. The van der Waals surface area contributed by atoms with Gasteiger partial charge in [0.2, 0.25) is 5.91 Å². The van der Waals surface area contributed by atoms with Crippen LogP contribution in [0.25, 0.3) is 0 Å². The molecule has 1 aromatic carbocycles. The van der Waals surface area contributed by atoms with E-state index in [4.69, 9.17) is 0 Å². The van der Waals surface area contributed by atoms with Crippen LogP contribution in [-0.4, -0.2) is 81.3 Å². The lowest BCUT2D eigenvalue weighted by atomic mass is 10.2. The molecule has 0 atom stereocenters. The van der Waals surface area contributed by atoms with E-state index < -0.39 is 27.4 Å². The molecule has 0 saturated carbocycles. The summed E-state index contributed by atoms with van der Waals surface area (Å²) in [6, 6.07) is 2.74. The highest BCUT2D eigenvalue weighted by Gasteiger charge is 2.21. The maximum Gasteiger partial charge on any atom is 0.254 e. The Kier molecular flexibility index (Phi) is 7.88. The van der Waals surface area contributed by atoms with E-state index in [1.54, 1.807) is 4.90 Å². The third-order valence-electron chi connectivity index (χ3n) is 4.53. The maximum absolute atomic E-state index is 13.5. The highest BCUT2D eigenvalue weighted by molar-refractivity contribution is 7.90. The lowest BCUT2D eigenvalue weighted by Gasteiger charge is -2.34. The lowest BCUT2D eigenvalue weighted by Crippen LogP contribution is -2.49. The molecule has 1 fully saturated rings. The van der Waals surface area contributed by atoms with E-state index in [1.165, 1.54) is 6.26 Å². The van der Waals surface area contributed by atoms with Crippen molar-refractivity contribution in [2.24, 2.45) is 0 Å². The van der Waals surface area contributed by atoms with Crippen LogP contribution < -0.4 is 5.32 Å². The van der Waals surface area contributed by atoms with E-state index >= 15 is 0 Å². The average Bonchev–Trinajstić information content (AvgIpc) is 2.63. The predicted octanol–water partition coefficient (Wildman–Crippen LogP) is 0.664. The SMILES string of the molecule is CS(=O)(=O)CCN1CCN(C(=O)CCCNC(=O)c2ccc(F)cc2F)CC1. The molecule has 2 amide bonds. The molecule has 2 rings (SSSR count). The normalized spacial score (nSPS) is 15.5. The number of nitrogens with zero attached hydrogens (tertiary/aromatic N) is 2. The van der Waals surface area contributed by atoms with E-state index in [-0.39, 0.29) is 30.2 Å². The number of carbonyl (C=O) groups is 2. The third kappa shape index (κ3) is 7.16. The number of sulfone groups is 1. The van der Waals surface area contributed by atoms with Crippen molar-refractivity contribution in [2.75, 3.05) is 51.3 Å². The van der Waals surface area contributed by atoms with Crippen LogP contribution in [0, 0.1) is 11.6 Å². The molecule has 156 valence electrons. The van der Waals surface area contributed by atoms with Gasteiger partial charge in [0, 0.05) is 58.0 Å². The summed E-state index contributed by atoms with van der Waals surface area (Å²) >= 11 is 0. The van der Waals surface area contributed by atoms with Gasteiger partial charge in [-0.25, -0.2) is 17.2 Å². The Hall–Kier alpha value is -2.07. The van der Waals surface area contributed by atoms with Crippen LogP contribution in [0.4, 0.5) is 8.78 Å².